The number of carboxylic acids is 1. The Hall–Kier alpha value is -3.56. The molecule has 10 heteroatoms. The highest BCUT2D eigenvalue weighted by Crippen LogP contribution is 2.29. The predicted octanol–water partition coefficient (Wildman–Crippen LogP) is 5.05. The number of aliphatic carboxylic acids is 1. The molecule has 0 radical (unpaired) electrons. The third-order valence-electron chi connectivity index (χ3n) is 5.57. The summed E-state index contributed by atoms with van der Waals surface area (Å²) < 4.78 is 46.9. The van der Waals surface area contributed by atoms with Crippen LogP contribution < -0.4 is 10.4 Å². The highest BCUT2D eigenvalue weighted by molar-refractivity contribution is 5.76. The molecule has 0 aliphatic carbocycles. The Balaban J connectivity index is 1.85. The van der Waals surface area contributed by atoms with E-state index in [2.05, 4.69) is 5.10 Å². The molecular formula is C25H28F3N3O4. The molecule has 1 heterocycles. The maximum Gasteiger partial charge on any atom is 0.416 e. The monoisotopic (exact) mass is 491 g/mol. The first kappa shape index (κ1) is 26.1. The van der Waals surface area contributed by atoms with E-state index >= 15 is 0 Å². The van der Waals surface area contributed by atoms with Crippen LogP contribution in [0, 0.1) is 0 Å². The zero-order chi connectivity index (χ0) is 26.0. The number of benzene rings is 2. The number of alkyl halides is 3. The fraction of sp³-hybridized carbons (Fsp3) is 0.400. The molecule has 0 aliphatic rings. The molecule has 2 aromatic carbocycles. The molecule has 0 amide bonds. The summed E-state index contributed by atoms with van der Waals surface area (Å²) in [5.41, 5.74) is -1.38. The maximum absolute atomic E-state index is 13.0. The summed E-state index contributed by atoms with van der Waals surface area (Å²) in [6.07, 6.45) is -3.24. The molecule has 0 aliphatic heterocycles. The normalized spacial score (nSPS) is 13.0. The second kappa shape index (κ2) is 9.97. The highest BCUT2D eigenvalue weighted by atomic mass is 19.4. The van der Waals surface area contributed by atoms with Gasteiger partial charge in [0.15, 0.2) is 5.60 Å². The fourth-order valence-corrected chi connectivity index (χ4v) is 3.65. The lowest BCUT2D eigenvalue weighted by molar-refractivity contribution is -0.152. The summed E-state index contributed by atoms with van der Waals surface area (Å²) in [4.78, 5) is 24.3. The number of ether oxygens (including phenoxy) is 1. The minimum absolute atomic E-state index is 0.174. The van der Waals surface area contributed by atoms with E-state index in [0.29, 0.717) is 31.0 Å². The van der Waals surface area contributed by atoms with Crippen molar-refractivity contribution >= 4 is 5.97 Å². The number of carboxylic acid groups (broad SMARTS) is 1. The van der Waals surface area contributed by atoms with Gasteiger partial charge in [0.2, 0.25) is 0 Å². The van der Waals surface area contributed by atoms with E-state index in [1.807, 2.05) is 26.0 Å². The fourth-order valence-electron chi connectivity index (χ4n) is 3.65. The number of halogens is 3. The van der Waals surface area contributed by atoms with E-state index < -0.39 is 29.0 Å². The van der Waals surface area contributed by atoms with Crippen molar-refractivity contribution in [2.45, 2.75) is 64.8 Å². The Bertz CT molecular complexity index is 1230. The van der Waals surface area contributed by atoms with Crippen molar-refractivity contribution in [2.24, 2.45) is 0 Å². The van der Waals surface area contributed by atoms with Gasteiger partial charge in [0.1, 0.15) is 11.6 Å². The van der Waals surface area contributed by atoms with E-state index in [1.165, 1.54) is 26.0 Å². The summed E-state index contributed by atoms with van der Waals surface area (Å²) in [6.45, 7) is 7.20. The average molecular weight is 492 g/mol. The summed E-state index contributed by atoms with van der Waals surface area (Å²) >= 11 is 0. The molecule has 1 atom stereocenters. The van der Waals surface area contributed by atoms with Gasteiger partial charge in [-0.15, -0.1) is 5.10 Å². The number of carbonyl (C=O) groups is 1. The standard InChI is InChI=1S/C25H28F3N3O4/c1-5-14-30-21(29-31(23(30)34)19-10-8-18(9-11-19)25(26,27)28)16(2)15-17-6-12-20(13-7-17)35-24(3,4)22(32)33/h6-13,16H,5,14-15H2,1-4H3,(H,32,33). The van der Waals surface area contributed by atoms with Gasteiger partial charge in [0, 0.05) is 12.5 Å². The molecule has 0 fully saturated rings. The first-order valence-corrected chi connectivity index (χ1v) is 11.2. The second-order valence-corrected chi connectivity index (χ2v) is 8.92. The van der Waals surface area contributed by atoms with Crippen LogP contribution in [0.1, 0.15) is 57.0 Å². The predicted molar refractivity (Wildman–Crippen MR) is 124 cm³/mol. The van der Waals surface area contributed by atoms with Gasteiger partial charge in [-0.05, 0) is 68.7 Å². The van der Waals surface area contributed by atoms with E-state index in [1.54, 1.807) is 16.7 Å². The van der Waals surface area contributed by atoms with E-state index in [0.717, 1.165) is 22.4 Å². The minimum Gasteiger partial charge on any atom is -0.478 e. The van der Waals surface area contributed by atoms with Crippen LogP contribution in [0.2, 0.25) is 0 Å². The molecule has 1 unspecified atom stereocenters. The Morgan fingerprint density at radius 1 is 1.09 bits per heavy atom. The Labute approximate surface area is 200 Å². The topological polar surface area (TPSA) is 86.3 Å². The van der Waals surface area contributed by atoms with Crippen molar-refractivity contribution in [1.29, 1.82) is 0 Å². The SMILES string of the molecule is CCCn1c(C(C)Cc2ccc(OC(C)(C)C(=O)O)cc2)nn(-c2ccc(C(F)(F)F)cc2)c1=O. The Morgan fingerprint density at radius 2 is 1.69 bits per heavy atom. The van der Waals surface area contributed by atoms with Gasteiger partial charge in [-0.1, -0.05) is 26.0 Å². The molecule has 0 saturated heterocycles. The molecule has 3 aromatic rings. The number of hydrogen-bond acceptors (Lipinski definition) is 4. The third kappa shape index (κ3) is 5.93. The van der Waals surface area contributed by atoms with Crippen LogP contribution in [0.15, 0.2) is 53.3 Å². The van der Waals surface area contributed by atoms with Gasteiger partial charge in [-0.3, -0.25) is 4.57 Å². The van der Waals surface area contributed by atoms with Crippen molar-refractivity contribution in [2.75, 3.05) is 0 Å². The maximum atomic E-state index is 13.0. The summed E-state index contributed by atoms with van der Waals surface area (Å²) in [5, 5.41) is 13.7. The molecule has 1 N–H and O–H groups in total. The summed E-state index contributed by atoms with van der Waals surface area (Å²) in [5.74, 6) is -0.299. The number of hydrogen-bond donors (Lipinski definition) is 1. The van der Waals surface area contributed by atoms with Crippen LogP contribution in [0.3, 0.4) is 0 Å². The summed E-state index contributed by atoms with van der Waals surface area (Å²) in [6, 6.07) is 11.3. The number of rotatable bonds is 9. The Morgan fingerprint density at radius 3 is 2.20 bits per heavy atom. The van der Waals surface area contributed by atoms with Crippen molar-refractivity contribution in [3.05, 3.63) is 76.0 Å². The molecule has 0 saturated carbocycles. The van der Waals surface area contributed by atoms with Crippen LogP contribution in [0.4, 0.5) is 13.2 Å². The van der Waals surface area contributed by atoms with Crippen molar-refractivity contribution in [1.82, 2.24) is 14.3 Å². The zero-order valence-electron chi connectivity index (χ0n) is 20.0. The van der Waals surface area contributed by atoms with Gasteiger partial charge in [-0.2, -0.15) is 17.9 Å². The van der Waals surface area contributed by atoms with Crippen molar-refractivity contribution in [3.8, 4) is 11.4 Å². The number of aromatic nitrogens is 3. The van der Waals surface area contributed by atoms with Crippen LogP contribution in [0.25, 0.3) is 5.69 Å². The lowest BCUT2D eigenvalue weighted by Crippen LogP contribution is -2.37. The van der Waals surface area contributed by atoms with E-state index in [9.17, 15) is 27.9 Å². The smallest absolute Gasteiger partial charge is 0.416 e. The van der Waals surface area contributed by atoms with Crippen LogP contribution in [-0.2, 0) is 23.9 Å². The van der Waals surface area contributed by atoms with E-state index in [4.69, 9.17) is 4.74 Å². The average Bonchev–Trinajstić information content (AvgIpc) is 3.11. The van der Waals surface area contributed by atoms with Gasteiger partial charge in [0.05, 0.1) is 11.3 Å². The van der Waals surface area contributed by atoms with Gasteiger partial charge >= 0.3 is 17.8 Å². The quantitative estimate of drug-likeness (QED) is 0.453. The second-order valence-electron chi connectivity index (χ2n) is 8.92. The van der Waals surface area contributed by atoms with Crippen LogP contribution in [-0.4, -0.2) is 31.0 Å². The molecule has 1 aromatic heterocycles. The third-order valence-corrected chi connectivity index (χ3v) is 5.57. The lowest BCUT2D eigenvalue weighted by atomic mass is 10.00. The minimum atomic E-state index is -4.46. The highest BCUT2D eigenvalue weighted by Gasteiger charge is 2.31. The molecule has 188 valence electrons. The molecule has 3 rings (SSSR count). The van der Waals surface area contributed by atoms with E-state index in [-0.39, 0.29) is 11.6 Å². The number of nitrogens with zero attached hydrogens (tertiary/aromatic N) is 3. The first-order chi connectivity index (χ1) is 16.3. The van der Waals surface area contributed by atoms with Crippen LogP contribution >= 0.6 is 0 Å². The molecular weight excluding hydrogens is 463 g/mol. The van der Waals surface area contributed by atoms with Gasteiger partial charge in [0.25, 0.3) is 0 Å². The zero-order valence-corrected chi connectivity index (χ0v) is 20.0. The van der Waals surface area contributed by atoms with Gasteiger partial charge in [-0.25, -0.2) is 9.59 Å². The molecule has 35 heavy (non-hydrogen) atoms. The van der Waals surface area contributed by atoms with Crippen molar-refractivity contribution in [3.63, 3.8) is 0 Å². The molecule has 0 spiro atoms. The Kier molecular flexibility index (Phi) is 7.42. The van der Waals surface area contributed by atoms with Gasteiger partial charge < -0.3 is 9.84 Å². The first-order valence-electron chi connectivity index (χ1n) is 11.2. The van der Waals surface area contributed by atoms with Crippen molar-refractivity contribution < 1.29 is 27.8 Å². The molecule has 0 bridgehead atoms. The largest absolute Gasteiger partial charge is 0.478 e. The van der Waals surface area contributed by atoms with Crippen LogP contribution in [0.5, 0.6) is 5.75 Å². The summed E-state index contributed by atoms with van der Waals surface area (Å²) in [7, 11) is 0. The lowest BCUT2D eigenvalue weighted by Gasteiger charge is -2.21. The molecule has 7 nitrogen and oxygen atoms in total.